The molecule has 1 amide bonds. The smallest absolute Gasteiger partial charge is 0.257 e. The maximum Gasteiger partial charge on any atom is 0.257 e. The molecule has 1 fully saturated rings. The van der Waals surface area contributed by atoms with Gasteiger partial charge in [-0.25, -0.2) is 15.2 Å². The SMILES string of the molecule is NNc1nccc(C(=O)N2CCCOCC2)c1F. The Labute approximate surface area is 104 Å². The minimum absolute atomic E-state index is 0.0279. The molecule has 1 aliphatic heterocycles. The maximum absolute atomic E-state index is 13.9. The number of carbonyl (C=O) groups excluding carboxylic acids is 1. The van der Waals surface area contributed by atoms with Crippen LogP contribution >= 0.6 is 0 Å². The van der Waals surface area contributed by atoms with Crippen molar-refractivity contribution in [1.82, 2.24) is 9.88 Å². The van der Waals surface area contributed by atoms with Crippen LogP contribution < -0.4 is 11.3 Å². The largest absolute Gasteiger partial charge is 0.380 e. The fraction of sp³-hybridized carbons (Fsp3) is 0.455. The highest BCUT2D eigenvalue weighted by Gasteiger charge is 2.22. The summed E-state index contributed by atoms with van der Waals surface area (Å²) in [6.45, 7) is 2.12. The van der Waals surface area contributed by atoms with Crippen LogP contribution in [0, 0.1) is 5.82 Å². The Bertz CT molecular complexity index is 433. The highest BCUT2D eigenvalue weighted by molar-refractivity contribution is 5.95. The number of nitrogens with zero attached hydrogens (tertiary/aromatic N) is 2. The molecule has 0 atom stereocenters. The van der Waals surface area contributed by atoms with Gasteiger partial charge in [0.15, 0.2) is 11.6 Å². The zero-order valence-corrected chi connectivity index (χ0v) is 9.86. The highest BCUT2D eigenvalue weighted by atomic mass is 19.1. The van der Waals surface area contributed by atoms with E-state index >= 15 is 0 Å². The van der Waals surface area contributed by atoms with Crippen LogP contribution in [-0.4, -0.2) is 42.1 Å². The number of carbonyl (C=O) groups is 1. The lowest BCUT2D eigenvalue weighted by atomic mass is 10.2. The minimum atomic E-state index is -0.727. The summed E-state index contributed by atoms with van der Waals surface area (Å²) in [6.07, 6.45) is 2.10. The highest BCUT2D eigenvalue weighted by Crippen LogP contribution is 2.16. The van der Waals surface area contributed by atoms with E-state index in [0.29, 0.717) is 26.3 Å². The number of hydrogen-bond donors (Lipinski definition) is 2. The van der Waals surface area contributed by atoms with Gasteiger partial charge in [-0.05, 0) is 12.5 Å². The molecule has 0 unspecified atom stereocenters. The van der Waals surface area contributed by atoms with Crippen molar-refractivity contribution < 1.29 is 13.9 Å². The van der Waals surface area contributed by atoms with Crippen LogP contribution in [0.15, 0.2) is 12.3 Å². The van der Waals surface area contributed by atoms with Gasteiger partial charge < -0.3 is 15.1 Å². The normalized spacial score (nSPS) is 16.2. The molecule has 1 aliphatic rings. The molecule has 0 bridgehead atoms. The Balaban J connectivity index is 2.22. The fourth-order valence-corrected chi connectivity index (χ4v) is 1.83. The molecule has 2 rings (SSSR count). The van der Waals surface area contributed by atoms with Crippen molar-refractivity contribution in [3.8, 4) is 0 Å². The number of amides is 1. The molecule has 0 spiro atoms. The summed E-state index contributed by atoms with van der Waals surface area (Å²) < 4.78 is 19.1. The Morgan fingerprint density at radius 2 is 2.33 bits per heavy atom. The number of rotatable bonds is 2. The minimum Gasteiger partial charge on any atom is -0.380 e. The van der Waals surface area contributed by atoms with Crippen molar-refractivity contribution in [1.29, 1.82) is 0 Å². The summed E-state index contributed by atoms with van der Waals surface area (Å²) in [4.78, 5) is 17.4. The van der Waals surface area contributed by atoms with Gasteiger partial charge in [-0.15, -0.1) is 0 Å². The van der Waals surface area contributed by atoms with Crippen molar-refractivity contribution in [3.05, 3.63) is 23.6 Å². The lowest BCUT2D eigenvalue weighted by Crippen LogP contribution is -2.34. The summed E-state index contributed by atoms with van der Waals surface area (Å²) in [5, 5.41) is 0. The molecular formula is C11H15FN4O2. The molecule has 0 radical (unpaired) electrons. The Morgan fingerprint density at radius 1 is 1.50 bits per heavy atom. The summed E-state index contributed by atoms with van der Waals surface area (Å²) >= 11 is 0. The number of nitrogens with one attached hydrogen (secondary N) is 1. The predicted molar refractivity (Wildman–Crippen MR) is 63.3 cm³/mol. The Morgan fingerprint density at radius 3 is 3.11 bits per heavy atom. The average Bonchev–Trinajstić information content (AvgIpc) is 2.67. The Hall–Kier alpha value is -1.73. The van der Waals surface area contributed by atoms with E-state index in [4.69, 9.17) is 10.6 Å². The predicted octanol–water partition coefficient (Wildman–Crippen LogP) is 0.369. The number of hydrogen-bond acceptors (Lipinski definition) is 5. The van der Waals surface area contributed by atoms with Crippen molar-refractivity contribution in [3.63, 3.8) is 0 Å². The van der Waals surface area contributed by atoms with Gasteiger partial charge in [0, 0.05) is 25.9 Å². The molecule has 0 aromatic carbocycles. The van der Waals surface area contributed by atoms with E-state index in [1.807, 2.05) is 0 Å². The van der Waals surface area contributed by atoms with E-state index in [1.54, 1.807) is 4.90 Å². The quantitative estimate of drug-likeness (QED) is 0.588. The molecule has 7 heteroatoms. The third-order valence-corrected chi connectivity index (χ3v) is 2.77. The van der Waals surface area contributed by atoms with Crippen LogP contribution in [0.2, 0.25) is 0 Å². The second-order valence-corrected chi connectivity index (χ2v) is 3.92. The van der Waals surface area contributed by atoms with Crippen molar-refractivity contribution in [2.24, 2.45) is 5.84 Å². The molecule has 0 saturated carbocycles. The van der Waals surface area contributed by atoms with Crippen LogP contribution in [0.25, 0.3) is 0 Å². The second-order valence-electron chi connectivity index (χ2n) is 3.92. The molecule has 0 aliphatic carbocycles. The first-order valence-electron chi connectivity index (χ1n) is 5.72. The van der Waals surface area contributed by atoms with E-state index < -0.39 is 5.82 Å². The van der Waals surface area contributed by atoms with Crippen molar-refractivity contribution >= 4 is 11.7 Å². The molecule has 2 heterocycles. The first-order chi connectivity index (χ1) is 8.74. The zero-order chi connectivity index (χ0) is 13.0. The van der Waals surface area contributed by atoms with Crippen LogP contribution in [-0.2, 0) is 4.74 Å². The molecule has 1 aromatic rings. The van der Waals surface area contributed by atoms with Crippen LogP contribution in [0.4, 0.5) is 10.2 Å². The number of pyridine rings is 1. The van der Waals surface area contributed by atoms with Crippen LogP contribution in [0.5, 0.6) is 0 Å². The zero-order valence-electron chi connectivity index (χ0n) is 9.86. The van der Waals surface area contributed by atoms with Gasteiger partial charge in [-0.3, -0.25) is 4.79 Å². The van der Waals surface area contributed by atoms with Crippen LogP contribution in [0.1, 0.15) is 16.8 Å². The van der Waals surface area contributed by atoms with Gasteiger partial charge in [0.25, 0.3) is 5.91 Å². The monoisotopic (exact) mass is 254 g/mol. The maximum atomic E-state index is 13.9. The number of halogens is 1. The number of hydrazine groups is 1. The van der Waals surface area contributed by atoms with E-state index in [-0.39, 0.29) is 17.3 Å². The number of nitrogens with two attached hydrogens (primary N) is 1. The van der Waals surface area contributed by atoms with E-state index in [2.05, 4.69) is 10.4 Å². The van der Waals surface area contributed by atoms with E-state index in [0.717, 1.165) is 6.42 Å². The summed E-state index contributed by atoms with van der Waals surface area (Å²) in [5.41, 5.74) is 2.10. The van der Waals surface area contributed by atoms with Gasteiger partial charge in [0.2, 0.25) is 0 Å². The molecule has 6 nitrogen and oxygen atoms in total. The van der Waals surface area contributed by atoms with Crippen molar-refractivity contribution in [2.75, 3.05) is 31.7 Å². The lowest BCUT2D eigenvalue weighted by molar-refractivity contribution is 0.0736. The number of ether oxygens (including phenoxy) is 1. The van der Waals surface area contributed by atoms with Crippen LogP contribution in [0.3, 0.4) is 0 Å². The number of nitrogen functional groups attached to an aromatic ring is 1. The first kappa shape index (κ1) is 12.7. The van der Waals surface area contributed by atoms with Gasteiger partial charge >= 0.3 is 0 Å². The fourth-order valence-electron chi connectivity index (χ4n) is 1.83. The third-order valence-electron chi connectivity index (χ3n) is 2.77. The number of anilines is 1. The summed E-state index contributed by atoms with van der Waals surface area (Å²) in [7, 11) is 0. The molecule has 98 valence electrons. The van der Waals surface area contributed by atoms with Gasteiger partial charge in [-0.1, -0.05) is 0 Å². The van der Waals surface area contributed by atoms with Gasteiger partial charge in [0.05, 0.1) is 12.2 Å². The molecule has 1 saturated heterocycles. The number of aromatic nitrogens is 1. The Kier molecular flexibility index (Phi) is 4.06. The molecule has 18 heavy (non-hydrogen) atoms. The third kappa shape index (κ3) is 2.57. The topological polar surface area (TPSA) is 80.5 Å². The molecule has 3 N–H and O–H groups in total. The van der Waals surface area contributed by atoms with E-state index in [1.165, 1.54) is 12.3 Å². The van der Waals surface area contributed by atoms with Gasteiger partial charge in [-0.2, -0.15) is 0 Å². The standard InChI is InChI=1S/C11H15FN4O2/c12-9-8(2-3-14-10(9)15-13)11(17)16-4-1-6-18-7-5-16/h2-3H,1,4-7,13H2,(H,14,15). The molecular weight excluding hydrogens is 239 g/mol. The van der Waals surface area contributed by atoms with Gasteiger partial charge in [0.1, 0.15) is 0 Å². The second kappa shape index (κ2) is 5.74. The summed E-state index contributed by atoms with van der Waals surface area (Å²) in [6, 6.07) is 1.35. The molecule has 1 aromatic heterocycles. The lowest BCUT2D eigenvalue weighted by Gasteiger charge is -2.20. The van der Waals surface area contributed by atoms with E-state index in [9.17, 15) is 9.18 Å². The average molecular weight is 254 g/mol. The first-order valence-corrected chi connectivity index (χ1v) is 5.72. The summed E-state index contributed by atoms with van der Waals surface area (Å²) in [5.74, 6) is 3.90. The van der Waals surface area contributed by atoms with Crippen molar-refractivity contribution in [2.45, 2.75) is 6.42 Å².